The Morgan fingerprint density at radius 1 is 1.56 bits per heavy atom. The Bertz CT molecular complexity index is 489. The summed E-state index contributed by atoms with van der Waals surface area (Å²) in [5.41, 5.74) is 1.16. The number of anilines is 1. The van der Waals surface area contributed by atoms with E-state index in [1.807, 2.05) is 0 Å². The highest BCUT2D eigenvalue weighted by Crippen LogP contribution is 2.26. The lowest BCUT2D eigenvalue weighted by Gasteiger charge is -2.12. The number of hydrogen-bond donors (Lipinski definition) is 1. The quantitative estimate of drug-likeness (QED) is 0.648. The molecule has 7 nitrogen and oxygen atoms in total. The van der Waals surface area contributed by atoms with Crippen LogP contribution in [0.4, 0.5) is 16.2 Å². The lowest BCUT2D eigenvalue weighted by molar-refractivity contribution is -0.384. The summed E-state index contributed by atoms with van der Waals surface area (Å²) < 4.78 is 4.80. The predicted molar refractivity (Wildman–Crippen MR) is 64.4 cm³/mol. The molecule has 1 aromatic carbocycles. The van der Waals surface area contributed by atoms with Gasteiger partial charge in [-0.1, -0.05) is 6.07 Å². The molecule has 1 aliphatic heterocycles. The van der Waals surface area contributed by atoms with Gasteiger partial charge < -0.3 is 15.0 Å². The van der Waals surface area contributed by atoms with Gasteiger partial charge in [0.15, 0.2) is 0 Å². The van der Waals surface area contributed by atoms with Crippen molar-refractivity contribution in [3.63, 3.8) is 0 Å². The van der Waals surface area contributed by atoms with Gasteiger partial charge in [-0.05, 0) is 11.6 Å². The molecule has 0 spiro atoms. The largest absolute Gasteiger partial charge is 0.448 e. The van der Waals surface area contributed by atoms with Gasteiger partial charge in [-0.2, -0.15) is 0 Å². The molecule has 18 heavy (non-hydrogen) atoms. The van der Waals surface area contributed by atoms with E-state index >= 15 is 0 Å². The zero-order valence-corrected chi connectivity index (χ0v) is 9.88. The molecule has 0 saturated carbocycles. The molecular formula is C11H13N3O4. The second kappa shape index (κ2) is 4.91. The first-order chi connectivity index (χ1) is 8.61. The lowest BCUT2D eigenvalue weighted by atomic mass is 10.1. The van der Waals surface area contributed by atoms with E-state index in [1.165, 1.54) is 11.0 Å². The summed E-state index contributed by atoms with van der Waals surface area (Å²) in [5.74, 6) is 0. The molecule has 96 valence electrons. The van der Waals surface area contributed by atoms with Crippen LogP contribution in [0, 0.1) is 10.1 Å². The Labute approximate surface area is 103 Å². The molecule has 0 unspecified atom stereocenters. The van der Waals surface area contributed by atoms with Gasteiger partial charge in [0.1, 0.15) is 12.3 Å². The van der Waals surface area contributed by atoms with E-state index < -0.39 is 4.92 Å². The molecule has 1 aliphatic rings. The highest BCUT2D eigenvalue weighted by Gasteiger charge is 2.23. The second-order valence-corrected chi connectivity index (χ2v) is 3.89. The first-order valence-electron chi connectivity index (χ1n) is 5.48. The van der Waals surface area contributed by atoms with Crippen molar-refractivity contribution in [1.29, 1.82) is 0 Å². The first-order valence-corrected chi connectivity index (χ1v) is 5.48. The van der Waals surface area contributed by atoms with Crippen molar-refractivity contribution in [1.82, 2.24) is 4.90 Å². The number of nitrogens with zero attached hydrogens (tertiary/aromatic N) is 2. The highest BCUT2D eigenvalue weighted by atomic mass is 16.6. The number of amides is 1. The molecule has 1 amide bonds. The van der Waals surface area contributed by atoms with E-state index in [0.717, 1.165) is 0 Å². The van der Waals surface area contributed by atoms with Gasteiger partial charge in [0, 0.05) is 19.7 Å². The molecule has 1 saturated heterocycles. The van der Waals surface area contributed by atoms with E-state index in [4.69, 9.17) is 4.74 Å². The molecule has 1 heterocycles. The van der Waals surface area contributed by atoms with Gasteiger partial charge in [-0.15, -0.1) is 0 Å². The Balaban J connectivity index is 2.21. The lowest BCUT2D eigenvalue weighted by Crippen LogP contribution is -2.23. The van der Waals surface area contributed by atoms with E-state index in [0.29, 0.717) is 30.9 Å². The van der Waals surface area contributed by atoms with Crippen LogP contribution in [0.1, 0.15) is 5.56 Å². The van der Waals surface area contributed by atoms with Crippen LogP contribution in [0.15, 0.2) is 18.2 Å². The maximum atomic E-state index is 11.3. The number of ether oxygens (including phenoxy) is 1. The molecule has 1 N–H and O–H groups in total. The SMILES string of the molecule is CNc1ccc(CN2CCOC2=O)cc1[N+](=O)[O-]. The number of nitrogens with one attached hydrogen (secondary N) is 1. The first kappa shape index (κ1) is 12.2. The van der Waals surface area contributed by atoms with Gasteiger partial charge in [0.25, 0.3) is 5.69 Å². The van der Waals surface area contributed by atoms with Gasteiger partial charge in [-0.25, -0.2) is 4.79 Å². The third-order valence-corrected chi connectivity index (χ3v) is 2.75. The Hall–Kier alpha value is -2.31. The molecule has 7 heteroatoms. The fourth-order valence-electron chi connectivity index (χ4n) is 1.83. The number of carbonyl (C=O) groups excluding carboxylic acids is 1. The average molecular weight is 251 g/mol. The highest BCUT2D eigenvalue weighted by molar-refractivity contribution is 5.69. The number of cyclic esters (lactones) is 1. The summed E-state index contributed by atoms with van der Waals surface area (Å²) in [6.07, 6.45) is -0.379. The van der Waals surface area contributed by atoms with Gasteiger partial charge in [0.05, 0.1) is 11.5 Å². The minimum Gasteiger partial charge on any atom is -0.448 e. The number of nitro benzene ring substituents is 1. The van der Waals surface area contributed by atoms with Crippen LogP contribution < -0.4 is 5.32 Å². The normalized spacial score (nSPS) is 14.5. The second-order valence-electron chi connectivity index (χ2n) is 3.89. The molecule has 0 aliphatic carbocycles. The predicted octanol–water partition coefficient (Wildman–Crippen LogP) is 1.59. The maximum absolute atomic E-state index is 11.3. The van der Waals surface area contributed by atoms with E-state index in [1.54, 1.807) is 19.2 Å². The van der Waals surface area contributed by atoms with Crippen molar-refractivity contribution >= 4 is 17.5 Å². The number of hydrogen-bond acceptors (Lipinski definition) is 5. The van der Waals surface area contributed by atoms with Crippen molar-refractivity contribution in [3.05, 3.63) is 33.9 Å². The molecule has 1 fully saturated rings. The molecule has 0 atom stereocenters. The molecule has 1 aromatic rings. The molecular weight excluding hydrogens is 238 g/mol. The van der Waals surface area contributed by atoms with Crippen LogP contribution in [0.3, 0.4) is 0 Å². The summed E-state index contributed by atoms with van der Waals surface area (Å²) in [4.78, 5) is 23.2. The number of carbonyl (C=O) groups is 1. The number of nitro groups is 1. The van der Waals surface area contributed by atoms with E-state index in [9.17, 15) is 14.9 Å². The van der Waals surface area contributed by atoms with Crippen molar-refractivity contribution in [3.8, 4) is 0 Å². The number of benzene rings is 1. The van der Waals surface area contributed by atoms with Crippen LogP contribution in [0.2, 0.25) is 0 Å². The summed E-state index contributed by atoms with van der Waals surface area (Å²) >= 11 is 0. The van der Waals surface area contributed by atoms with Crippen molar-refractivity contribution in [2.45, 2.75) is 6.54 Å². The smallest absolute Gasteiger partial charge is 0.410 e. The zero-order chi connectivity index (χ0) is 13.1. The Kier molecular flexibility index (Phi) is 3.31. The van der Waals surface area contributed by atoms with Crippen LogP contribution in [-0.4, -0.2) is 36.1 Å². The summed E-state index contributed by atoms with van der Waals surface area (Å²) in [5, 5.41) is 13.7. The summed E-state index contributed by atoms with van der Waals surface area (Å²) in [6.45, 7) is 1.21. The topological polar surface area (TPSA) is 84.7 Å². The monoisotopic (exact) mass is 251 g/mol. The minimum absolute atomic E-state index is 0.00237. The van der Waals surface area contributed by atoms with Crippen molar-refractivity contribution < 1.29 is 14.5 Å². The minimum atomic E-state index is -0.447. The zero-order valence-electron chi connectivity index (χ0n) is 9.88. The fourth-order valence-corrected chi connectivity index (χ4v) is 1.83. The van der Waals surface area contributed by atoms with Crippen LogP contribution in [0.5, 0.6) is 0 Å². The summed E-state index contributed by atoms with van der Waals surface area (Å²) in [6, 6.07) is 4.86. The number of rotatable bonds is 4. The van der Waals surface area contributed by atoms with E-state index in [-0.39, 0.29) is 11.8 Å². The van der Waals surface area contributed by atoms with E-state index in [2.05, 4.69) is 5.32 Å². The van der Waals surface area contributed by atoms with Crippen molar-refractivity contribution in [2.75, 3.05) is 25.5 Å². The fraction of sp³-hybridized carbons (Fsp3) is 0.364. The Morgan fingerprint density at radius 3 is 2.89 bits per heavy atom. The molecule has 0 aromatic heterocycles. The van der Waals surface area contributed by atoms with Crippen LogP contribution >= 0.6 is 0 Å². The molecule has 0 radical (unpaired) electrons. The molecule has 0 bridgehead atoms. The summed E-state index contributed by atoms with van der Waals surface area (Å²) in [7, 11) is 1.62. The van der Waals surface area contributed by atoms with Gasteiger partial charge >= 0.3 is 6.09 Å². The average Bonchev–Trinajstić information content (AvgIpc) is 2.75. The van der Waals surface area contributed by atoms with Crippen LogP contribution in [0.25, 0.3) is 0 Å². The van der Waals surface area contributed by atoms with Gasteiger partial charge in [0.2, 0.25) is 0 Å². The van der Waals surface area contributed by atoms with Crippen molar-refractivity contribution in [2.24, 2.45) is 0 Å². The third-order valence-electron chi connectivity index (χ3n) is 2.75. The van der Waals surface area contributed by atoms with Crippen LogP contribution in [-0.2, 0) is 11.3 Å². The standard InChI is InChI=1S/C11H13N3O4/c1-12-9-3-2-8(6-10(9)14(16)17)7-13-4-5-18-11(13)15/h2-3,6,12H,4-5,7H2,1H3. The third kappa shape index (κ3) is 2.34. The Morgan fingerprint density at radius 2 is 2.33 bits per heavy atom. The molecule has 2 rings (SSSR count). The maximum Gasteiger partial charge on any atom is 0.410 e. The van der Waals surface area contributed by atoms with Gasteiger partial charge in [-0.3, -0.25) is 10.1 Å².